The molecule has 1 unspecified atom stereocenters. The number of aromatic nitrogens is 2. The third-order valence-electron chi connectivity index (χ3n) is 5.44. The van der Waals surface area contributed by atoms with E-state index in [9.17, 15) is 19.2 Å². The predicted molar refractivity (Wildman–Crippen MR) is 116 cm³/mol. The van der Waals surface area contributed by atoms with Crippen LogP contribution in [0.1, 0.15) is 49.3 Å². The van der Waals surface area contributed by atoms with Gasteiger partial charge in [0.2, 0.25) is 17.7 Å². The molecule has 8 nitrogen and oxygen atoms in total. The topological polar surface area (TPSA) is 110 Å². The highest BCUT2D eigenvalue weighted by atomic mass is 35.5. The summed E-state index contributed by atoms with van der Waals surface area (Å²) in [4.78, 5) is 48.2. The van der Waals surface area contributed by atoms with Crippen LogP contribution < -0.4 is 16.2 Å². The minimum Gasteiger partial charge on any atom is -0.351 e. The van der Waals surface area contributed by atoms with Gasteiger partial charge >= 0.3 is 0 Å². The predicted octanol–water partition coefficient (Wildman–Crippen LogP) is 2.20. The van der Waals surface area contributed by atoms with Gasteiger partial charge in [-0.2, -0.15) is 5.10 Å². The number of nitrogens with zero attached hydrogens (tertiary/aromatic N) is 2. The summed E-state index contributed by atoms with van der Waals surface area (Å²) in [5.74, 6) is -1.65. The molecule has 164 valence electrons. The van der Waals surface area contributed by atoms with Gasteiger partial charge in [0.1, 0.15) is 0 Å². The lowest BCUT2D eigenvalue weighted by Crippen LogP contribution is -2.41. The van der Waals surface area contributed by atoms with E-state index in [0.29, 0.717) is 33.2 Å². The van der Waals surface area contributed by atoms with Crippen LogP contribution in [-0.4, -0.2) is 27.5 Å². The normalized spacial score (nSPS) is 16.7. The molecule has 3 rings (SSSR count). The van der Waals surface area contributed by atoms with Gasteiger partial charge in [-0.25, -0.2) is 4.68 Å². The quantitative estimate of drug-likeness (QED) is 0.658. The van der Waals surface area contributed by atoms with Crippen molar-refractivity contribution in [3.63, 3.8) is 0 Å². The molecule has 0 aliphatic carbocycles. The van der Waals surface area contributed by atoms with E-state index in [0.717, 1.165) is 0 Å². The third-order valence-corrected chi connectivity index (χ3v) is 6.06. The molecule has 1 aromatic carbocycles. The molecule has 1 fully saturated rings. The van der Waals surface area contributed by atoms with Crippen LogP contribution in [0, 0.1) is 0 Å². The minimum atomic E-state index is -0.985. The van der Waals surface area contributed by atoms with E-state index in [1.165, 1.54) is 24.0 Å². The first-order valence-electron chi connectivity index (χ1n) is 9.64. The molecule has 1 aliphatic heterocycles. The Balaban J connectivity index is 1.75. The summed E-state index contributed by atoms with van der Waals surface area (Å²) in [6.45, 7) is 3.55. The van der Waals surface area contributed by atoms with E-state index in [4.69, 9.17) is 23.2 Å². The molecule has 31 heavy (non-hydrogen) atoms. The SMILES string of the molecule is Cn1ncc(C(C)(C)C(=O)NCc2cc(Cl)c(C3CCC(=O)NC3=O)c(Cl)c2)cc1=O. The zero-order valence-electron chi connectivity index (χ0n) is 17.3. The van der Waals surface area contributed by atoms with E-state index < -0.39 is 17.2 Å². The summed E-state index contributed by atoms with van der Waals surface area (Å²) in [6, 6.07) is 4.66. The van der Waals surface area contributed by atoms with E-state index >= 15 is 0 Å². The molecule has 0 radical (unpaired) electrons. The minimum absolute atomic E-state index is 0.148. The summed E-state index contributed by atoms with van der Waals surface area (Å²) < 4.78 is 1.19. The highest BCUT2D eigenvalue weighted by Gasteiger charge is 2.32. The average molecular weight is 465 g/mol. The highest BCUT2D eigenvalue weighted by Crippen LogP contribution is 2.37. The zero-order valence-corrected chi connectivity index (χ0v) is 18.8. The number of amides is 3. The van der Waals surface area contributed by atoms with Gasteiger partial charge in [-0.3, -0.25) is 24.5 Å². The molecule has 1 saturated heterocycles. The molecule has 3 amide bonds. The molecule has 1 aromatic heterocycles. The Labute approximate surface area is 188 Å². The average Bonchev–Trinajstić information content (AvgIpc) is 2.69. The van der Waals surface area contributed by atoms with Crippen molar-refractivity contribution in [1.29, 1.82) is 0 Å². The number of benzene rings is 1. The Morgan fingerprint density at radius 3 is 2.45 bits per heavy atom. The summed E-state index contributed by atoms with van der Waals surface area (Å²) in [5.41, 5.74) is 0.325. The third kappa shape index (κ3) is 4.80. The van der Waals surface area contributed by atoms with E-state index in [1.807, 2.05) is 0 Å². The highest BCUT2D eigenvalue weighted by molar-refractivity contribution is 6.36. The van der Waals surface area contributed by atoms with Gasteiger partial charge in [-0.1, -0.05) is 23.2 Å². The Hall–Kier alpha value is -2.71. The van der Waals surface area contributed by atoms with E-state index in [-0.39, 0.29) is 30.3 Å². The maximum atomic E-state index is 12.8. The van der Waals surface area contributed by atoms with Crippen molar-refractivity contribution in [1.82, 2.24) is 20.4 Å². The number of halogens is 2. The second-order valence-electron chi connectivity index (χ2n) is 7.99. The zero-order chi connectivity index (χ0) is 22.9. The van der Waals surface area contributed by atoms with Crippen LogP contribution in [0.2, 0.25) is 10.0 Å². The Bertz CT molecular complexity index is 1100. The van der Waals surface area contributed by atoms with Crippen molar-refractivity contribution in [2.24, 2.45) is 7.05 Å². The van der Waals surface area contributed by atoms with Crippen LogP contribution in [0.15, 0.2) is 29.2 Å². The summed E-state index contributed by atoms with van der Waals surface area (Å²) in [6.07, 6.45) is 2.04. The molecular formula is C21H22Cl2N4O4. The van der Waals surface area contributed by atoms with Gasteiger partial charge in [0.15, 0.2) is 0 Å². The number of hydrogen-bond donors (Lipinski definition) is 2. The van der Waals surface area contributed by atoms with E-state index in [1.54, 1.807) is 26.0 Å². The lowest BCUT2D eigenvalue weighted by atomic mass is 9.85. The number of aryl methyl sites for hydroxylation is 1. The molecule has 2 heterocycles. The second-order valence-corrected chi connectivity index (χ2v) is 8.80. The van der Waals surface area contributed by atoms with Crippen molar-refractivity contribution in [3.8, 4) is 0 Å². The van der Waals surface area contributed by atoms with Crippen LogP contribution in [0.25, 0.3) is 0 Å². The number of imide groups is 1. The van der Waals surface area contributed by atoms with E-state index in [2.05, 4.69) is 15.7 Å². The molecule has 0 spiro atoms. The largest absolute Gasteiger partial charge is 0.351 e. The lowest BCUT2D eigenvalue weighted by molar-refractivity contribution is -0.134. The van der Waals surface area contributed by atoms with Crippen LogP contribution in [-0.2, 0) is 33.4 Å². The molecule has 1 atom stereocenters. The van der Waals surface area contributed by atoms with Crippen molar-refractivity contribution < 1.29 is 14.4 Å². The molecular weight excluding hydrogens is 443 g/mol. The molecule has 10 heteroatoms. The lowest BCUT2D eigenvalue weighted by Gasteiger charge is -2.25. The Morgan fingerprint density at radius 2 is 1.87 bits per heavy atom. The van der Waals surface area contributed by atoms with Crippen molar-refractivity contribution in [3.05, 3.63) is 61.5 Å². The summed E-state index contributed by atoms with van der Waals surface area (Å²) in [7, 11) is 1.53. The fourth-order valence-electron chi connectivity index (χ4n) is 3.39. The second kappa shape index (κ2) is 8.80. The van der Waals surface area contributed by atoms with Crippen molar-refractivity contribution in [2.75, 3.05) is 0 Å². The molecule has 1 aliphatic rings. The number of nitrogens with one attached hydrogen (secondary N) is 2. The van der Waals surface area contributed by atoms with Gasteiger partial charge < -0.3 is 5.32 Å². The van der Waals surface area contributed by atoms with Gasteiger partial charge in [-0.15, -0.1) is 0 Å². The molecule has 0 bridgehead atoms. The number of piperidine rings is 1. The summed E-state index contributed by atoms with van der Waals surface area (Å²) in [5, 5.41) is 9.67. The fourth-order valence-corrected chi connectivity index (χ4v) is 4.18. The molecule has 2 N–H and O–H groups in total. The van der Waals surface area contributed by atoms with Crippen molar-refractivity contribution in [2.45, 2.75) is 44.6 Å². The van der Waals surface area contributed by atoms with Gasteiger partial charge in [-0.05, 0) is 43.5 Å². The molecule has 2 aromatic rings. The van der Waals surface area contributed by atoms with Crippen LogP contribution >= 0.6 is 23.2 Å². The van der Waals surface area contributed by atoms with Crippen LogP contribution in [0.3, 0.4) is 0 Å². The molecule has 0 saturated carbocycles. The summed E-state index contributed by atoms with van der Waals surface area (Å²) >= 11 is 12.8. The van der Waals surface area contributed by atoms with Gasteiger partial charge in [0.05, 0.1) is 17.5 Å². The number of carbonyl (C=O) groups is 3. The van der Waals surface area contributed by atoms with Crippen molar-refractivity contribution >= 4 is 40.9 Å². The number of carbonyl (C=O) groups excluding carboxylic acids is 3. The smallest absolute Gasteiger partial charge is 0.266 e. The number of rotatable bonds is 5. The first-order valence-corrected chi connectivity index (χ1v) is 10.4. The van der Waals surface area contributed by atoms with Gasteiger partial charge in [0, 0.05) is 41.7 Å². The maximum absolute atomic E-state index is 12.8. The number of hydrogen-bond acceptors (Lipinski definition) is 5. The van der Waals surface area contributed by atoms with Gasteiger partial charge in [0.25, 0.3) is 5.56 Å². The first-order chi connectivity index (χ1) is 14.5. The fraction of sp³-hybridized carbons (Fsp3) is 0.381. The first kappa shape index (κ1) is 23.0. The monoisotopic (exact) mass is 464 g/mol. The Morgan fingerprint density at radius 1 is 1.23 bits per heavy atom. The van der Waals surface area contributed by atoms with Crippen LogP contribution in [0.5, 0.6) is 0 Å². The maximum Gasteiger partial charge on any atom is 0.266 e. The Kier molecular flexibility index (Phi) is 6.52. The van der Waals surface area contributed by atoms with Crippen LogP contribution in [0.4, 0.5) is 0 Å². The standard InChI is InChI=1S/C21H22Cl2N4O4/c1-21(2,12-8-17(29)27(3)25-10-12)20(31)24-9-11-6-14(22)18(15(23)7-11)13-4-5-16(28)26-19(13)30/h6-8,10,13H,4-5,9H2,1-3H3,(H,24,31)(H,26,28,30).